The molecule has 1 aliphatic rings. The molecule has 102 valence electrons. The predicted octanol–water partition coefficient (Wildman–Crippen LogP) is 2.80. The molecule has 0 spiro atoms. The van der Waals surface area contributed by atoms with Crippen LogP contribution in [-0.4, -0.2) is 23.5 Å². The standard InChI is InChI=1S/C14H16ClNO3/c1-9(10-5-6-10)14(19)16(8-13(17)18)12-4-2-3-11(15)7-12/h2-4,7,9-10H,5-6,8H2,1H3,(H,17,18). The Morgan fingerprint density at radius 1 is 1.47 bits per heavy atom. The lowest BCUT2D eigenvalue weighted by Crippen LogP contribution is -2.39. The second kappa shape index (κ2) is 5.61. The van der Waals surface area contributed by atoms with Crippen molar-refractivity contribution >= 4 is 29.2 Å². The van der Waals surface area contributed by atoms with E-state index in [1.807, 2.05) is 6.92 Å². The molecular formula is C14H16ClNO3. The maximum absolute atomic E-state index is 12.4. The molecule has 1 saturated carbocycles. The summed E-state index contributed by atoms with van der Waals surface area (Å²) in [6.45, 7) is 1.52. The fourth-order valence-corrected chi connectivity index (χ4v) is 2.30. The summed E-state index contributed by atoms with van der Waals surface area (Å²) in [4.78, 5) is 24.6. The van der Waals surface area contributed by atoms with Crippen LogP contribution in [0.3, 0.4) is 0 Å². The molecule has 1 atom stereocenters. The van der Waals surface area contributed by atoms with Gasteiger partial charge in [-0.3, -0.25) is 9.59 Å². The Balaban J connectivity index is 2.24. The van der Waals surface area contributed by atoms with Gasteiger partial charge in [-0.05, 0) is 37.0 Å². The molecule has 19 heavy (non-hydrogen) atoms. The molecule has 1 unspecified atom stereocenters. The summed E-state index contributed by atoms with van der Waals surface area (Å²) >= 11 is 5.90. The highest BCUT2D eigenvalue weighted by Crippen LogP contribution is 2.38. The SMILES string of the molecule is CC(C(=O)N(CC(=O)O)c1cccc(Cl)c1)C1CC1. The summed E-state index contributed by atoms with van der Waals surface area (Å²) in [6, 6.07) is 6.72. The van der Waals surface area contributed by atoms with Crippen molar-refractivity contribution in [2.45, 2.75) is 19.8 Å². The molecule has 0 aliphatic heterocycles. The van der Waals surface area contributed by atoms with E-state index in [4.69, 9.17) is 16.7 Å². The molecule has 1 fully saturated rings. The third kappa shape index (κ3) is 3.47. The number of halogens is 1. The van der Waals surface area contributed by atoms with Gasteiger partial charge in [-0.1, -0.05) is 24.6 Å². The third-order valence-electron chi connectivity index (χ3n) is 3.40. The Kier molecular flexibility index (Phi) is 4.10. The van der Waals surface area contributed by atoms with Crippen LogP contribution in [0, 0.1) is 11.8 Å². The van der Waals surface area contributed by atoms with Crippen molar-refractivity contribution in [2.75, 3.05) is 11.4 Å². The zero-order chi connectivity index (χ0) is 14.0. The van der Waals surface area contributed by atoms with E-state index >= 15 is 0 Å². The maximum atomic E-state index is 12.4. The van der Waals surface area contributed by atoms with Crippen LogP contribution in [0.1, 0.15) is 19.8 Å². The number of carboxylic acids is 1. The lowest BCUT2D eigenvalue weighted by Gasteiger charge is -2.24. The Morgan fingerprint density at radius 3 is 2.68 bits per heavy atom. The van der Waals surface area contributed by atoms with Gasteiger partial charge in [-0.25, -0.2) is 0 Å². The van der Waals surface area contributed by atoms with Crippen molar-refractivity contribution in [3.05, 3.63) is 29.3 Å². The topological polar surface area (TPSA) is 57.6 Å². The smallest absolute Gasteiger partial charge is 0.323 e. The molecule has 1 N–H and O–H groups in total. The van der Waals surface area contributed by atoms with Gasteiger partial charge in [0.1, 0.15) is 6.54 Å². The van der Waals surface area contributed by atoms with E-state index in [9.17, 15) is 9.59 Å². The minimum Gasteiger partial charge on any atom is -0.480 e. The molecule has 2 rings (SSSR count). The molecule has 0 radical (unpaired) electrons. The van der Waals surface area contributed by atoms with Crippen molar-refractivity contribution in [1.29, 1.82) is 0 Å². The first-order valence-corrected chi connectivity index (χ1v) is 6.65. The molecule has 0 saturated heterocycles. The molecule has 1 aromatic carbocycles. The molecule has 0 aromatic heterocycles. The molecular weight excluding hydrogens is 266 g/mol. The van der Waals surface area contributed by atoms with E-state index in [1.54, 1.807) is 24.3 Å². The molecule has 4 nitrogen and oxygen atoms in total. The van der Waals surface area contributed by atoms with Crippen molar-refractivity contribution in [2.24, 2.45) is 11.8 Å². The van der Waals surface area contributed by atoms with E-state index < -0.39 is 5.97 Å². The van der Waals surface area contributed by atoms with Gasteiger partial charge in [0, 0.05) is 16.6 Å². The summed E-state index contributed by atoms with van der Waals surface area (Å²) in [7, 11) is 0. The van der Waals surface area contributed by atoms with Gasteiger partial charge < -0.3 is 10.0 Å². The number of carbonyl (C=O) groups excluding carboxylic acids is 1. The molecule has 0 bridgehead atoms. The van der Waals surface area contributed by atoms with Gasteiger partial charge in [0.2, 0.25) is 5.91 Å². The van der Waals surface area contributed by atoms with Crippen molar-refractivity contribution in [3.63, 3.8) is 0 Å². The van der Waals surface area contributed by atoms with Crippen molar-refractivity contribution < 1.29 is 14.7 Å². The summed E-state index contributed by atoms with van der Waals surface area (Å²) in [6.07, 6.45) is 2.09. The highest BCUT2D eigenvalue weighted by atomic mass is 35.5. The molecule has 1 amide bonds. The Hall–Kier alpha value is -1.55. The Bertz CT molecular complexity index is 499. The molecule has 5 heteroatoms. The van der Waals surface area contributed by atoms with E-state index in [2.05, 4.69) is 0 Å². The number of aliphatic carboxylic acids is 1. The molecule has 1 aliphatic carbocycles. The summed E-state index contributed by atoms with van der Waals surface area (Å²) in [5, 5.41) is 9.46. The number of hydrogen-bond acceptors (Lipinski definition) is 2. The van der Waals surface area contributed by atoms with Gasteiger partial charge in [0.05, 0.1) is 0 Å². The average Bonchev–Trinajstić information content (AvgIpc) is 3.18. The monoisotopic (exact) mass is 281 g/mol. The number of nitrogens with zero attached hydrogens (tertiary/aromatic N) is 1. The maximum Gasteiger partial charge on any atom is 0.323 e. The fourth-order valence-electron chi connectivity index (χ4n) is 2.12. The van der Waals surface area contributed by atoms with E-state index in [0.29, 0.717) is 16.6 Å². The lowest BCUT2D eigenvalue weighted by atomic mass is 10.0. The number of rotatable bonds is 5. The quantitative estimate of drug-likeness (QED) is 0.903. The fraction of sp³-hybridized carbons (Fsp3) is 0.429. The Morgan fingerprint density at radius 2 is 2.16 bits per heavy atom. The zero-order valence-electron chi connectivity index (χ0n) is 10.7. The van der Waals surface area contributed by atoms with Crippen LogP contribution in [-0.2, 0) is 9.59 Å². The highest BCUT2D eigenvalue weighted by Gasteiger charge is 2.35. The second-order valence-electron chi connectivity index (χ2n) is 4.92. The van der Waals surface area contributed by atoms with Gasteiger partial charge in [-0.15, -0.1) is 0 Å². The van der Waals surface area contributed by atoms with Crippen molar-refractivity contribution in [1.82, 2.24) is 0 Å². The third-order valence-corrected chi connectivity index (χ3v) is 3.63. The minimum absolute atomic E-state index is 0.140. The first-order chi connectivity index (χ1) is 8.99. The van der Waals surface area contributed by atoms with Gasteiger partial charge in [0.25, 0.3) is 0 Å². The predicted molar refractivity (Wildman–Crippen MR) is 73.3 cm³/mol. The van der Waals surface area contributed by atoms with Crippen LogP contribution in [0.15, 0.2) is 24.3 Å². The van der Waals surface area contributed by atoms with Crippen LogP contribution >= 0.6 is 11.6 Å². The minimum atomic E-state index is -1.03. The van der Waals surface area contributed by atoms with E-state index in [-0.39, 0.29) is 18.4 Å². The summed E-state index contributed by atoms with van der Waals surface area (Å²) in [5.41, 5.74) is 0.535. The van der Waals surface area contributed by atoms with Crippen LogP contribution < -0.4 is 4.90 Å². The van der Waals surface area contributed by atoms with Gasteiger partial charge in [-0.2, -0.15) is 0 Å². The zero-order valence-corrected chi connectivity index (χ0v) is 11.4. The molecule has 0 heterocycles. The number of benzene rings is 1. The first kappa shape index (κ1) is 13.9. The highest BCUT2D eigenvalue weighted by molar-refractivity contribution is 6.31. The number of carbonyl (C=O) groups is 2. The van der Waals surface area contributed by atoms with E-state index in [0.717, 1.165) is 12.8 Å². The normalized spacial score (nSPS) is 15.9. The molecule has 1 aromatic rings. The van der Waals surface area contributed by atoms with Gasteiger partial charge in [0.15, 0.2) is 0 Å². The number of hydrogen-bond donors (Lipinski definition) is 1. The number of anilines is 1. The largest absolute Gasteiger partial charge is 0.480 e. The van der Waals surface area contributed by atoms with Crippen LogP contribution in [0.25, 0.3) is 0 Å². The van der Waals surface area contributed by atoms with Crippen LogP contribution in [0.2, 0.25) is 5.02 Å². The summed E-state index contributed by atoms with van der Waals surface area (Å²) < 4.78 is 0. The number of carboxylic acid groups (broad SMARTS) is 1. The Labute approximate surface area is 117 Å². The number of amides is 1. The summed E-state index contributed by atoms with van der Waals surface area (Å²) in [5.74, 6) is -0.926. The van der Waals surface area contributed by atoms with Crippen molar-refractivity contribution in [3.8, 4) is 0 Å². The second-order valence-corrected chi connectivity index (χ2v) is 5.36. The van der Waals surface area contributed by atoms with Crippen LogP contribution in [0.5, 0.6) is 0 Å². The average molecular weight is 282 g/mol. The van der Waals surface area contributed by atoms with E-state index in [1.165, 1.54) is 4.90 Å². The van der Waals surface area contributed by atoms with Gasteiger partial charge >= 0.3 is 5.97 Å². The van der Waals surface area contributed by atoms with Crippen LogP contribution in [0.4, 0.5) is 5.69 Å². The lowest BCUT2D eigenvalue weighted by molar-refractivity contribution is -0.137. The first-order valence-electron chi connectivity index (χ1n) is 6.28.